The van der Waals surface area contributed by atoms with Crippen LogP contribution < -0.4 is 0 Å². The van der Waals surface area contributed by atoms with Crippen LogP contribution in [-0.2, 0) is 0 Å². The summed E-state index contributed by atoms with van der Waals surface area (Å²) in [5.74, 6) is 1.92. The molecule has 0 atom stereocenters. The summed E-state index contributed by atoms with van der Waals surface area (Å²) in [6.07, 6.45) is 3.60. The second kappa shape index (κ2) is 9.56. The van der Waals surface area contributed by atoms with Crippen molar-refractivity contribution in [3.8, 4) is 45.3 Å². The monoisotopic (exact) mass is 570 g/mol. The van der Waals surface area contributed by atoms with Gasteiger partial charge in [0.05, 0.1) is 0 Å². The molecule has 0 unspecified atom stereocenters. The molecule has 0 saturated heterocycles. The first-order chi connectivity index (χ1) is 18.7. The van der Waals surface area contributed by atoms with E-state index in [4.69, 9.17) is 15.0 Å². The van der Waals surface area contributed by atoms with Crippen LogP contribution in [-0.4, -0.2) is 19.9 Å². The Balaban J connectivity index is 1.43. The molecule has 0 aliphatic carbocycles. The molecule has 0 saturated carbocycles. The highest BCUT2D eigenvalue weighted by Gasteiger charge is 2.15. The smallest absolute Gasteiger partial charge is 0.164 e. The van der Waals surface area contributed by atoms with E-state index in [1.165, 1.54) is 20.2 Å². The molecule has 3 heterocycles. The van der Waals surface area contributed by atoms with Crippen molar-refractivity contribution in [1.82, 2.24) is 19.9 Å². The maximum Gasteiger partial charge on any atom is 0.164 e. The highest BCUT2D eigenvalue weighted by Crippen LogP contribution is 2.36. The van der Waals surface area contributed by atoms with Crippen LogP contribution in [0.4, 0.5) is 0 Å². The zero-order valence-electron chi connectivity index (χ0n) is 20.0. The molecule has 3 aromatic heterocycles. The Morgan fingerprint density at radius 1 is 0.474 bits per heavy atom. The van der Waals surface area contributed by atoms with Gasteiger partial charge in [-0.3, -0.25) is 4.98 Å². The molecule has 0 radical (unpaired) electrons. The number of pyridine rings is 1. The molecule has 0 aliphatic rings. The Hall–Kier alpha value is -4.26. The normalized spacial score (nSPS) is 11.3. The quantitative estimate of drug-likeness (QED) is 0.212. The molecule has 7 rings (SSSR count). The molecule has 6 heteroatoms. The highest BCUT2D eigenvalue weighted by atomic mass is 79.9. The van der Waals surface area contributed by atoms with Crippen LogP contribution in [0.15, 0.2) is 120 Å². The Morgan fingerprint density at radius 2 is 1.13 bits per heavy atom. The molecule has 38 heavy (non-hydrogen) atoms. The van der Waals surface area contributed by atoms with E-state index in [9.17, 15) is 0 Å². The van der Waals surface area contributed by atoms with Crippen molar-refractivity contribution in [2.45, 2.75) is 0 Å². The lowest BCUT2D eigenvalue weighted by molar-refractivity contribution is 1.07. The molecule has 4 aromatic carbocycles. The van der Waals surface area contributed by atoms with Gasteiger partial charge in [-0.15, -0.1) is 11.3 Å². The van der Waals surface area contributed by atoms with Gasteiger partial charge in [0.15, 0.2) is 17.5 Å². The number of thiophene rings is 1. The van der Waals surface area contributed by atoms with Crippen LogP contribution >= 0.6 is 27.3 Å². The van der Waals surface area contributed by atoms with Crippen molar-refractivity contribution in [2.24, 2.45) is 0 Å². The van der Waals surface area contributed by atoms with E-state index in [0.717, 1.165) is 32.3 Å². The topological polar surface area (TPSA) is 51.6 Å². The zero-order chi connectivity index (χ0) is 25.5. The number of hydrogen-bond donors (Lipinski definition) is 0. The summed E-state index contributed by atoms with van der Waals surface area (Å²) in [4.78, 5) is 19.0. The summed E-state index contributed by atoms with van der Waals surface area (Å²) < 4.78 is 3.48. The molecule has 0 fully saturated rings. The minimum atomic E-state index is 0.626. The first-order valence-corrected chi connectivity index (χ1v) is 13.8. The van der Waals surface area contributed by atoms with Gasteiger partial charge in [-0.05, 0) is 65.7 Å². The maximum absolute atomic E-state index is 4.99. The Labute approximate surface area is 231 Å². The van der Waals surface area contributed by atoms with Gasteiger partial charge in [-0.2, -0.15) is 0 Å². The van der Waals surface area contributed by atoms with Crippen molar-refractivity contribution in [1.29, 1.82) is 0 Å². The highest BCUT2D eigenvalue weighted by molar-refractivity contribution is 9.10. The van der Waals surface area contributed by atoms with Crippen LogP contribution in [0.1, 0.15) is 0 Å². The van der Waals surface area contributed by atoms with E-state index in [2.05, 4.69) is 75.5 Å². The zero-order valence-corrected chi connectivity index (χ0v) is 22.4. The number of aromatic nitrogens is 4. The summed E-state index contributed by atoms with van der Waals surface area (Å²) in [7, 11) is 0. The molecule has 4 nitrogen and oxygen atoms in total. The molecular weight excluding hydrogens is 552 g/mol. The lowest BCUT2D eigenvalue weighted by atomic mass is 10.0. The minimum Gasteiger partial charge on any atom is -0.265 e. The fourth-order valence-electron chi connectivity index (χ4n) is 4.65. The van der Waals surface area contributed by atoms with Crippen molar-refractivity contribution in [3.63, 3.8) is 0 Å². The Kier molecular flexibility index (Phi) is 5.76. The van der Waals surface area contributed by atoms with E-state index in [0.29, 0.717) is 17.5 Å². The van der Waals surface area contributed by atoms with E-state index >= 15 is 0 Å². The van der Waals surface area contributed by atoms with Crippen molar-refractivity contribution in [3.05, 3.63) is 120 Å². The van der Waals surface area contributed by atoms with Crippen LogP contribution in [0.2, 0.25) is 0 Å². The lowest BCUT2D eigenvalue weighted by Gasteiger charge is -2.10. The summed E-state index contributed by atoms with van der Waals surface area (Å²) >= 11 is 5.50. The molecule has 0 spiro atoms. The molecule has 0 aliphatic heterocycles. The predicted molar refractivity (Wildman–Crippen MR) is 160 cm³/mol. The van der Waals surface area contributed by atoms with Crippen LogP contribution in [0, 0.1) is 0 Å². The first-order valence-electron chi connectivity index (χ1n) is 12.2. The van der Waals surface area contributed by atoms with Gasteiger partial charge < -0.3 is 0 Å². The SMILES string of the molecule is Brc1cc(-c2ccncc2)cc(-c2nc(-c3ccccc3)nc(-c3ccc4sc5ccccc5c4c3)n2)c1. The predicted octanol–water partition coefficient (Wildman–Crippen LogP) is 9.06. The Bertz CT molecular complexity index is 1930. The third-order valence-corrected chi connectivity index (χ3v) is 8.08. The molecule has 0 N–H and O–H groups in total. The Morgan fingerprint density at radius 3 is 1.95 bits per heavy atom. The summed E-state index contributed by atoms with van der Waals surface area (Å²) in [5.41, 5.74) is 4.96. The van der Waals surface area contributed by atoms with Gasteiger partial charge in [0.2, 0.25) is 0 Å². The number of nitrogens with zero attached hydrogens (tertiary/aromatic N) is 4. The van der Waals surface area contributed by atoms with Gasteiger partial charge in [-0.25, -0.2) is 15.0 Å². The molecule has 180 valence electrons. The summed E-state index contributed by atoms with van der Waals surface area (Å²) in [6.45, 7) is 0. The van der Waals surface area contributed by atoms with Crippen molar-refractivity contribution < 1.29 is 0 Å². The van der Waals surface area contributed by atoms with Gasteiger partial charge in [0.1, 0.15) is 0 Å². The van der Waals surface area contributed by atoms with Crippen LogP contribution in [0.5, 0.6) is 0 Å². The van der Waals surface area contributed by atoms with E-state index in [1.807, 2.05) is 48.5 Å². The van der Waals surface area contributed by atoms with Gasteiger partial charge in [0, 0.05) is 53.7 Å². The molecular formula is C32H19BrN4S. The number of hydrogen-bond acceptors (Lipinski definition) is 5. The van der Waals surface area contributed by atoms with Gasteiger partial charge in [0.25, 0.3) is 0 Å². The van der Waals surface area contributed by atoms with E-state index in [-0.39, 0.29) is 0 Å². The fraction of sp³-hybridized carbons (Fsp3) is 0. The van der Waals surface area contributed by atoms with Crippen molar-refractivity contribution >= 4 is 47.4 Å². The lowest BCUT2D eigenvalue weighted by Crippen LogP contribution is -2.00. The number of benzene rings is 4. The average molecular weight is 572 g/mol. The van der Waals surface area contributed by atoms with Crippen molar-refractivity contribution in [2.75, 3.05) is 0 Å². The summed E-state index contributed by atoms with van der Waals surface area (Å²) in [6, 6.07) is 35.3. The average Bonchev–Trinajstić information content (AvgIpc) is 3.35. The van der Waals surface area contributed by atoms with Gasteiger partial charge in [-0.1, -0.05) is 64.5 Å². The standard InChI is InChI=1S/C32H19BrN4S/c33-25-17-23(20-12-14-34-15-13-20)16-24(18-25)32-36-30(21-6-2-1-3-7-21)35-31(37-32)22-10-11-29-27(19-22)26-8-4-5-9-28(26)38-29/h1-19H. The third kappa shape index (κ3) is 4.28. The second-order valence-electron chi connectivity index (χ2n) is 8.95. The summed E-state index contributed by atoms with van der Waals surface area (Å²) in [5, 5.41) is 2.47. The third-order valence-electron chi connectivity index (χ3n) is 6.47. The van der Waals surface area contributed by atoms with Gasteiger partial charge >= 0.3 is 0 Å². The maximum atomic E-state index is 4.99. The second-order valence-corrected chi connectivity index (χ2v) is 10.9. The van der Waals surface area contributed by atoms with Crippen LogP contribution in [0.3, 0.4) is 0 Å². The van der Waals surface area contributed by atoms with E-state index in [1.54, 1.807) is 23.7 Å². The molecule has 0 bridgehead atoms. The minimum absolute atomic E-state index is 0.626. The molecule has 7 aromatic rings. The largest absolute Gasteiger partial charge is 0.265 e. The number of fused-ring (bicyclic) bond motifs is 3. The first kappa shape index (κ1) is 22.9. The fourth-order valence-corrected chi connectivity index (χ4v) is 6.23. The van der Waals surface area contributed by atoms with Crippen LogP contribution in [0.25, 0.3) is 65.5 Å². The molecule has 0 amide bonds. The van der Waals surface area contributed by atoms with E-state index < -0.39 is 0 Å². The number of rotatable bonds is 4. The number of halogens is 1.